The maximum Gasteiger partial charge on any atom is 0.241 e. The Balaban J connectivity index is 2.34. The van der Waals surface area contributed by atoms with Crippen LogP contribution in [-0.4, -0.2) is 43.9 Å². The maximum absolute atomic E-state index is 11.9. The van der Waals surface area contributed by atoms with E-state index in [0.717, 1.165) is 25.7 Å². The van der Waals surface area contributed by atoms with E-state index < -0.39 is 0 Å². The lowest BCUT2D eigenvalue weighted by atomic mass is 9.81. The van der Waals surface area contributed by atoms with Gasteiger partial charge in [-0.2, -0.15) is 0 Å². The summed E-state index contributed by atoms with van der Waals surface area (Å²) in [7, 11) is 3.36. The molecule has 0 aliphatic heterocycles. The number of nitrogens with zero attached hydrogens (tertiary/aromatic N) is 1. The van der Waals surface area contributed by atoms with Gasteiger partial charge in [0.15, 0.2) is 0 Å². The number of carbonyl (C=O) groups is 2. The molecule has 0 aromatic rings. The van der Waals surface area contributed by atoms with Crippen molar-refractivity contribution in [2.45, 2.75) is 25.7 Å². The van der Waals surface area contributed by atoms with E-state index in [1.807, 2.05) is 0 Å². The third kappa shape index (κ3) is 4.34. The van der Waals surface area contributed by atoms with Gasteiger partial charge in [0.05, 0.1) is 6.54 Å². The van der Waals surface area contributed by atoms with Gasteiger partial charge in [-0.3, -0.25) is 9.59 Å². The van der Waals surface area contributed by atoms with Crippen LogP contribution in [0.4, 0.5) is 0 Å². The van der Waals surface area contributed by atoms with Crippen LogP contribution in [0.1, 0.15) is 25.7 Å². The summed E-state index contributed by atoms with van der Waals surface area (Å²) < 4.78 is 0. The van der Waals surface area contributed by atoms with Gasteiger partial charge in [-0.15, -0.1) is 0 Å². The standard InChI is InChI=1S/C12H23N3O2/c1-15(2)11(16)8-14-12(17)10-5-3-4-9(6-10)7-13/h9-10H,3-8,13H2,1-2H3,(H,14,17). The Morgan fingerprint density at radius 1 is 1.35 bits per heavy atom. The number of amides is 2. The second kappa shape index (κ2) is 6.59. The average Bonchev–Trinajstić information content (AvgIpc) is 2.35. The van der Waals surface area contributed by atoms with E-state index in [-0.39, 0.29) is 24.3 Å². The second-order valence-corrected chi connectivity index (χ2v) is 4.97. The van der Waals surface area contributed by atoms with Gasteiger partial charge in [0.25, 0.3) is 0 Å². The van der Waals surface area contributed by atoms with Crippen LogP contribution in [0.5, 0.6) is 0 Å². The zero-order valence-electron chi connectivity index (χ0n) is 10.7. The van der Waals surface area contributed by atoms with E-state index in [4.69, 9.17) is 5.73 Å². The fraction of sp³-hybridized carbons (Fsp3) is 0.833. The van der Waals surface area contributed by atoms with Gasteiger partial charge < -0.3 is 16.0 Å². The minimum Gasteiger partial charge on any atom is -0.347 e. The third-order valence-corrected chi connectivity index (χ3v) is 3.40. The maximum atomic E-state index is 11.9. The van der Waals surface area contributed by atoms with Gasteiger partial charge in [0.1, 0.15) is 0 Å². The summed E-state index contributed by atoms with van der Waals surface area (Å²) in [5.74, 6) is 0.416. The van der Waals surface area contributed by atoms with Crippen LogP contribution in [0.25, 0.3) is 0 Å². The molecule has 1 fully saturated rings. The van der Waals surface area contributed by atoms with Gasteiger partial charge in [-0.05, 0) is 31.7 Å². The van der Waals surface area contributed by atoms with Crippen molar-refractivity contribution in [2.75, 3.05) is 27.2 Å². The molecule has 5 nitrogen and oxygen atoms in total. The van der Waals surface area contributed by atoms with Crippen LogP contribution in [0.3, 0.4) is 0 Å². The van der Waals surface area contributed by atoms with E-state index in [9.17, 15) is 9.59 Å². The lowest BCUT2D eigenvalue weighted by Gasteiger charge is -2.27. The smallest absolute Gasteiger partial charge is 0.241 e. The van der Waals surface area contributed by atoms with E-state index in [1.165, 1.54) is 4.90 Å². The van der Waals surface area contributed by atoms with Crippen LogP contribution in [-0.2, 0) is 9.59 Å². The Morgan fingerprint density at radius 2 is 2.06 bits per heavy atom. The molecule has 5 heteroatoms. The molecule has 1 rings (SSSR count). The van der Waals surface area contributed by atoms with Crippen LogP contribution in [0, 0.1) is 11.8 Å². The van der Waals surface area contributed by atoms with Crippen molar-refractivity contribution in [3.63, 3.8) is 0 Å². The summed E-state index contributed by atoms with van der Waals surface area (Å²) >= 11 is 0. The Kier molecular flexibility index (Phi) is 5.41. The highest BCUT2D eigenvalue weighted by atomic mass is 16.2. The lowest BCUT2D eigenvalue weighted by molar-refractivity contribution is -0.132. The van der Waals surface area contributed by atoms with E-state index in [0.29, 0.717) is 12.5 Å². The van der Waals surface area contributed by atoms with E-state index >= 15 is 0 Å². The van der Waals surface area contributed by atoms with Crippen molar-refractivity contribution in [3.05, 3.63) is 0 Å². The van der Waals surface area contributed by atoms with Gasteiger partial charge >= 0.3 is 0 Å². The number of hydrogen-bond donors (Lipinski definition) is 2. The molecule has 0 spiro atoms. The zero-order chi connectivity index (χ0) is 12.8. The molecule has 1 saturated carbocycles. The summed E-state index contributed by atoms with van der Waals surface area (Å²) in [6, 6.07) is 0. The second-order valence-electron chi connectivity index (χ2n) is 4.97. The van der Waals surface area contributed by atoms with Crippen molar-refractivity contribution in [2.24, 2.45) is 17.6 Å². The predicted octanol–water partition coefficient (Wildman–Crippen LogP) is -0.0441. The third-order valence-electron chi connectivity index (χ3n) is 3.40. The van der Waals surface area contributed by atoms with Crippen molar-refractivity contribution in [1.82, 2.24) is 10.2 Å². The molecule has 0 aromatic heterocycles. The normalized spacial score (nSPS) is 24.2. The molecule has 3 N–H and O–H groups in total. The summed E-state index contributed by atoms with van der Waals surface area (Å²) in [6.07, 6.45) is 3.95. The summed E-state index contributed by atoms with van der Waals surface area (Å²) in [4.78, 5) is 24.7. The van der Waals surface area contributed by atoms with Gasteiger partial charge in [-0.25, -0.2) is 0 Å². The van der Waals surface area contributed by atoms with Gasteiger partial charge in [-0.1, -0.05) is 6.42 Å². The number of hydrogen-bond acceptors (Lipinski definition) is 3. The fourth-order valence-corrected chi connectivity index (χ4v) is 2.21. The molecule has 1 aliphatic rings. The SMILES string of the molecule is CN(C)C(=O)CNC(=O)C1CCCC(CN)C1. The van der Waals surface area contributed by atoms with E-state index in [1.54, 1.807) is 14.1 Å². The van der Waals surface area contributed by atoms with Crippen LogP contribution < -0.4 is 11.1 Å². The molecule has 0 aromatic carbocycles. The van der Waals surface area contributed by atoms with Crippen molar-refractivity contribution in [1.29, 1.82) is 0 Å². The van der Waals surface area contributed by atoms with Gasteiger partial charge in [0, 0.05) is 20.0 Å². The molecule has 2 atom stereocenters. The van der Waals surface area contributed by atoms with Crippen LogP contribution >= 0.6 is 0 Å². The lowest BCUT2D eigenvalue weighted by Crippen LogP contribution is -2.40. The molecule has 0 heterocycles. The van der Waals surface area contributed by atoms with Crippen LogP contribution in [0.15, 0.2) is 0 Å². The highest BCUT2D eigenvalue weighted by Crippen LogP contribution is 2.28. The molecule has 17 heavy (non-hydrogen) atoms. The first-order valence-corrected chi connectivity index (χ1v) is 6.22. The topological polar surface area (TPSA) is 75.4 Å². The molecule has 2 amide bonds. The largest absolute Gasteiger partial charge is 0.347 e. The molecule has 0 bridgehead atoms. The number of nitrogens with two attached hydrogens (primary N) is 1. The molecule has 0 saturated heterocycles. The summed E-state index contributed by atoms with van der Waals surface area (Å²) in [6.45, 7) is 0.746. The monoisotopic (exact) mass is 241 g/mol. The highest BCUT2D eigenvalue weighted by molar-refractivity contribution is 5.85. The average molecular weight is 241 g/mol. The Bertz CT molecular complexity index is 279. The highest BCUT2D eigenvalue weighted by Gasteiger charge is 2.26. The predicted molar refractivity (Wildman–Crippen MR) is 66.2 cm³/mol. The minimum absolute atomic E-state index is 0.00153. The van der Waals surface area contributed by atoms with E-state index in [2.05, 4.69) is 5.32 Å². The number of nitrogens with one attached hydrogen (secondary N) is 1. The fourth-order valence-electron chi connectivity index (χ4n) is 2.21. The molecule has 0 radical (unpaired) electrons. The molecular formula is C12H23N3O2. The number of likely N-dealkylation sites (N-methyl/N-ethyl adjacent to an activating group) is 1. The first kappa shape index (κ1) is 14.0. The van der Waals surface area contributed by atoms with Crippen molar-refractivity contribution in [3.8, 4) is 0 Å². The Hall–Kier alpha value is -1.10. The summed E-state index contributed by atoms with van der Waals surface area (Å²) in [5.41, 5.74) is 5.64. The minimum atomic E-state index is -0.0791. The zero-order valence-corrected chi connectivity index (χ0v) is 10.7. The first-order valence-electron chi connectivity index (χ1n) is 6.22. The number of carbonyl (C=O) groups excluding carboxylic acids is 2. The number of rotatable bonds is 4. The molecular weight excluding hydrogens is 218 g/mol. The molecule has 2 unspecified atom stereocenters. The quantitative estimate of drug-likeness (QED) is 0.725. The van der Waals surface area contributed by atoms with Crippen molar-refractivity contribution < 1.29 is 9.59 Å². The molecule has 98 valence electrons. The molecule has 1 aliphatic carbocycles. The van der Waals surface area contributed by atoms with Gasteiger partial charge in [0.2, 0.25) is 11.8 Å². The Morgan fingerprint density at radius 3 is 2.65 bits per heavy atom. The first-order chi connectivity index (χ1) is 8.04. The summed E-state index contributed by atoms with van der Waals surface area (Å²) in [5, 5.41) is 2.71. The van der Waals surface area contributed by atoms with Crippen molar-refractivity contribution >= 4 is 11.8 Å². The van der Waals surface area contributed by atoms with Crippen LogP contribution in [0.2, 0.25) is 0 Å². The Labute approximate surface area is 103 Å².